The first-order valence-corrected chi connectivity index (χ1v) is 6.53. The van der Waals surface area contributed by atoms with Gasteiger partial charge in [-0.1, -0.05) is 0 Å². The maximum atomic E-state index is 14.0. The average Bonchev–Trinajstić information content (AvgIpc) is 3.01. The summed E-state index contributed by atoms with van der Waals surface area (Å²) < 4.78 is 46.3. The van der Waals surface area contributed by atoms with Gasteiger partial charge in [0.05, 0.1) is 6.61 Å². The van der Waals surface area contributed by atoms with Gasteiger partial charge in [0.1, 0.15) is 0 Å². The van der Waals surface area contributed by atoms with E-state index in [9.17, 15) is 18.0 Å². The van der Waals surface area contributed by atoms with Crippen LogP contribution in [0, 0.1) is 11.6 Å². The molecule has 1 heterocycles. The molecule has 3 nitrogen and oxygen atoms in total. The smallest absolute Gasteiger partial charge is 0.338 e. The number of benzene rings is 1. The molecule has 1 unspecified atom stereocenters. The van der Waals surface area contributed by atoms with Crippen LogP contribution in [-0.4, -0.2) is 23.9 Å². The predicted molar refractivity (Wildman–Crippen MR) is 63.8 cm³/mol. The molecule has 108 valence electrons. The van der Waals surface area contributed by atoms with Gasteiger partial charge < -0.3 is 9.84 Å². The summed E-state index contributed by atoms with van der Waals surface area (Å²) >= 11 is 0. The van der Waals surface area contributed by atoms with E-state index in [1.807, 2.05) is 0 Å². The van der Waals surface area contributed by atoms with Crippen LogP contribution in [0.25, 0.3) is 0 Å². The second-order valence-corrected chi connectivity index (χ2v) is 5.20. The molecule has 0 saturated carbocycles. The normalized spacial score (nSPS) is 21.2. The summed E-state index contributed by atoms with van der Waals surface area (Å²) in [6.45, 7) is 0.271. The van der Waals surface area contributed by atoms with Crippen molar-refractivity contribution in [3.05, 3.63) is 28.3 Å². The zero-order valence-corrected chi connectivity index (χ0v) is 10.6. The Morgan fingerprint density at radius 1 is 1.30 bits per heavy atom. The molecule has 6 heteroatoms. The highest BCUT2D eigenvalue weighted by atomic mass is 19.2. The van der Waals surface area contributed by atoms with Crippen LogP contribution >= 0.6 is 0 Å². The van der Waals surface area contributed by atoms with Crippen LogP contribution in [0.1, 0.15) is 35.4 Å². The molecular formula is C14H13F3O3. The van der Waals surface area contributed by atoms with Crippen LogP contribution in [0.3, 0.4) is 0 Å². The van der Waals surface area contributed by atoms with Gasteiger partial charge in [-0.05, 0) is 36.3 Å². The van der Waals surface area contributed by atoms with E-state index in [0.29, 0.717) is 30.4 Å². The number of hydrogen-bond acceptors (Lipinski definition) is 2. The monoisotopic (exact) mass is 286 g/mol. The van der Waals surface area contributed by atoms with E-state index < -0.39 is 23.8 Å². The molecule has 0 saturated heterocycles. The number of hydrogen-bond donors (Lipinski definition) is 1. The van der Waals surface area contributed by atoms with Gasteiger partial charge in [-0.15, -0.1) is 0 Å². The van der Waals surface area contributed by atoms with Crippen molar-refractivity contribution in [3.8, 4) is 5.75 Å². The number of carbonyl (C=O) groups is 1. The summed E-state index contributed by atoms with van der Waals surface area (Å²) in [6.07, 6.45) is -0.995. The van der Waals surface area contributed by atoms with Gasteiger partial charge >= 0.3 is 5.97 Å². The van der Waals surface area contributed by atoms with Crippen molar-refractivity contribution in [2.45, 2.75) is 37.8 Å². The fourth-order valence-corrected chi connectivity index (χ4v) is 3.23. The number of aliphatic carboxylic acids is 1. The molecular weight excluding hydrogens is 273 g/mol. The summed E-state index contributed by atoms with van der Waals surface area (Å²) in [5.74, 6) is -3.91. The Hall–Kier alpha value is -1.72. The lowest BCUT2D eigenvalue weighted by atomic mass is 9.90. The largest absolute Gasteiger partial charge is 0.490 e. The molecule has 2 aliphatic rings. The second kappa shape index (κ2) is 4.68. The Morgan fingerprint density at radius 3 is 2.75 bits per heavy atom. The minimum atomic E-state index is -1.99. The van der Waals surface area contributed by atoms with Crippen LogP contribution in [0.4, 0.5) is 13.2 Å². The lowest BCUT2D eigenvalue weighted by Crippen LogP contribution is -2.17. The van der Waals surface area contributed by atoms with Crippen molar-refractivity contribution in [1.82, 2.24) is 0 Å². The van der Waals surface area contributed by atoms with Crippen LogP contribution < -0.4 is 4.74 Å². The van der Waals surface area contributed by atoms with E-state index in [-0.39, 0.29) is 30.3 Å². The van der Waals surface area contributed by atoms with Crippen molar-refractivity contribution in [2.75, 3.05) is 6.61 Å². The van der Waals surface area contributed by atoms with Crippen LogP contribution in [0.15, 0.2) is 0 Å². The lowest BCUT2D eigenvalue weighted by Gasteiger charge is -2.16. The number of rotatable bonds is 3. The van der Waals surface area contributed by atoms with Gasteiger partial charge in [-0.25, -0.2) is 13.6 Å². The minimum absolute atomic E-state index is 0.0844. The van der Waals surface area contributed by atoms with Crippen molar-refractivity contribution in [2.24, 2.45) is 0 Å². The Labute approximate surface area is 113 Å². The van der Waals surface area contributed by atoms with Gasteiger partial charge in [0.2, 0.25) is 5.82 Å². The Bertz CT molecular complexity index is 586. The summed E-state index contributed by atoms with van der Waals surface area (Å²) in [7, 11) is 0. The lowest BCUT2D eigenvalue weighted by molar-refractivity contribution is -0.143. The Balaban J connectivity index is 2.03. The van der Waals surface area contributed by atoms with E-state index in [4.69, 9.17) is 9.84 Å². The first-order valence-electron chi connectivity index (χ1n) is 6.53. The number of carboxylic acid groups (broad SMARTS) is 1. The van der Waals surface area contributed by atoms with E-state index in [1.165, 1.54) is 0 Å². The summed E-state index contributed by atoms with van der Waals surface area (Å²) in [6, 6.07) is 0. The highest BCUT2D eigenvalue weighted by molar-refractivity contribution is 5.72. The third-order valence-corrected chi connectivity index (χ3v) is 4.09. The maximum Gasteiger partial charge on any atom is 0.338 e. The van der Waals surface area contributed by atoms with Crippen LogP contribution in [0.5, 0.6) is 5.75 Å². The first kappa shape index (κ1) is 13.3. The summed E-state index contributed by atoms with van der Waals surface area (Å²) in [5.41, 5.74) is 1.41. The molecule has 1 aliphatic carbocycles. The molecule has 0 spiro atoms. The highest BCUT2D eigenvalue weighted by Crippen LogP contribution is 2.46. The van der Waals surface area contributed by atoms with Crippen molar-refractivity contribution >= 4 is 5.97 Å². The first-order chi connectivity index (χ1) is 9.50. The van der Waals surface area contributed by atoms with Gasteiger partial charge in [0.15, 0.2) is 17.7 Å². The molecule has 1 N–H and O–H groups in total. The fourth-order valence-electron chi connectivity index (χ4n) is 3.23. The number of fused-ring (bicyclic) bond motifs is 3. The van der Waals surface area contributed by atoms with Crippen molar-refractivity contribution in [3.63, 3.8) is 0 Å². The minimum Gasteiger partial charge on any atom is -0.490 e. The quantitative estimate of drug-likeness (QED) is 0.929. The SMILES string of the molecule is O=C(O)[C@@H](F)CC1CCc2c(F)c(F)c3c(c21)CCO3. The van der Waals surface area contributed by atoms with Crippen LogP contribution in [0.2, 0.25) is 0 Å². The fraction of sp³-hybridized carbons (Fsp3) is 0.500. The topological polar surface area (TPSA) is 46.5 Å². The predicted octanol–water partition coefficient (Wildman–Crippen LogP) is 2.74. The zero-order chi connectivity index (χ0) is 14.4. The molecule has 1 aromatic rings. The molecule has 2 atom stereocenters. The van der Waals surface area contributed by atoms with Crippen LogP contribution in [-0.2, 0) is 17.6 Å². The Morgan fingerprint density at radius 2 is 2.05 bits per heavy atom. The van der Waals surface area contributed by atoms with Crippen molar-refractivity contribution < 1.29 is 27.8 Å². The average molecular weight is 286 g/mol. The number of carboxylic acids is 1. The standard InChI is InChI=1S/C14H13F3O3/c15-9(14(18)19)5-6-1-2-7-10(6)8-3-4-20-13(8)12(17)11(7)16/h6,9H,1-5H2,(H,18,19)/t6?,9-/m0/s1. The van der Waals surface area contributed by atoms with Gasteiger partial charge in [-0.2, -0.15) is 4.39 Å². The summed E-state index contributed by atoms with van der Waals surface area (Å²) in [5, 5.41) is 8.65. The van der Waals surface area contributed by atoms with Crippen molar-refractivity contribution in [1.29, 1.82) is 0 Å². The van der Waals surface area contributed by atoms with E-state index in [2.05, 4.69) is 0 Å². The zero-order valence-electron chi connectivity index (χ0n) is 10.6. The third-order valence-electron chi connectivity index (χ3n) is 4.09. The van der Waals surface area contributed by atoms with Gasteiger partial charge in [0, 0.05) is 12.0 Å². The molecule has 0 bridgehead atoms. The Kier molecular flexibility index (Phi) is 3.11. The number of ether oxygens (including phenoxy) is 1. The second-order valence-electron chi connectivity index (χ2n) is 5.20. The molecule has 0 fully saturated rings. The number of halogens is 3. The molecule has 1 aliphatic heterocycles. The maximum absolute atomic E-state index is 14.0. The molecule has 3 rings (SSSR count). The highest BCUT2D eigenvalue weighted by Gasteiger charge is 2.37. The van der Waals surface area contributed by atoms with E-state index >= 15 is 0 Å². The van der Waals surface area contributed by atoms with Gasteiger partial charge in [-0.3, -0.25) is 0 Å². The third kappa shape index (κ3) is 1.85. The summed E-state index contributed by atoms with van der Waals surface area (Å²) in [4.78, 5) is 10.6. The molecule has 20 heavy (non-hydrogen) atoms. The molecule has 0 aromatic heterocycles. The van der Waals surface area contributed by atoms with E-state index in [1.54, 1.807) is 0 Å². The molecule has 0 radical (unpaired) electrons. The molecule has 0 amide bonds. The molecule has 1 aromatic carbocycles. The number of alkyl halides is 1. The van der Waals surface area contributed by atoms with E-state index in [0.717, 1.165) is 0 Å². The van der Waals surface area contributed by atoms with Gasteiger partial charge in [0.25, 0.3) is 0 Å².